The molecule has 5 fully saturated rings. The van der Waals surface area contributed by atoms with Gasteiger partial charge < -0.3 is 20.9 Å². The number of aromatic nitrogens is 4. The van der Waals surface area contributed by atoms with Gasteiger partial charge in [0.2, 0.25) is 17.8 Å². The van der Waals surface area contributed by atoms with Crippen molar-refractivity contribution in [3.8, 4) is 11.3 Å². The first-order valence-electron chi connectivity index (χ1n) is 23.3. The summed E-state index contributed by atoms with van der Waals surface area (Å²) in [4.78, 5) is 86.8. The second-order valence-electron chi connectivity index (χ2n) is 19.3. The Balaban J connectivity index is 0.677. The first-order valence-corrected chi connectivity index (χ1v) is 23.6. The Morgan fingerprint density at radius 2 is 1.64 bits per heavy atom. The largest absolute Gasteiger partial charge is 0.382 e. The molecule has 3 aromatic heterocycles. The van der Waals surface area contributed by atoms with Crippen LogP contribution in [0.25, 0.3) is 16.8 Å². The fraction of sp³-hybridized carbons (Fsp3) is 0.429. The summed E-state index contributed by atoms with van der Waals surface area (Å²) in [6, 6.07) is 14.0. The number of fused-ring (bicyclic) bond motifs is 2. The number of ketones is 2. The molecule has 346 valence electrons. The highest BCUT2D eigenvalue weighted by molar-refractivity contribution is 6.30. The summed E-state index contributed by atoms with van der Waals surface area (Å²) < 4.78 is 17.8. The van der Waals surface area contributed by atoms with Crippen molar-refractivity contribution in [3.63, 3.8) is 0 Å². The minimum atomic E-state index is -0.615. The summed E-state index contributed by atoms with van der Waals surface area (Å²) in [6.45, 7) is 7.56. The number of pyridine rings is 1. The molecule has 0 radical (unpaired) electrons. The monoisotopic (exact) mass is 927 g/mol. The van der Waals surface area contributed by atoms with Gasteiger partial charge in [0.05, 0.1) is 0 Å². The van der Waals surface area contributed by atoms with Gasteiger partial charge in [-0.15, -0.1) is 0 Å². The number of nitrogen functional groups attached to an aromatic ring is 1. The molecule has 18 heteroatoms. The second kappa shape index (κ2) is 17.1. The topological polar surface area (TPSA) is 191 Å². The van der Waals surface area contributed by atoms with Crippen LogP contribution in [0.1, 0.15) is 82.4 Å². The molecular weight excluding hydrogens is 877 g/mol. The third kappa shape index (κ3) is 8.09. The smallest absolute Gasteiger partial charge is 0.256 e. The van der Waals surface area contributed by atoms with E-state index in [2.05, 4.69) is 40.2 Å². The quantitative estimate of drug-likeness (QED) is 0.149. The minimum absolute atomic E-state index is 0.0265. The maximum absolute atomic E-state index is 15.9. The fourth-order valence-corrected chi connectivity index (χ4v) is 11.5. The molecule has 16 nitrogen and oxygen atoms in total. The molecule has 4 N–H and O–H groups in total. The number of hydrogen-bond acceptors (Lipinski definition) is 13. The molecule has 11 rings (SSSR count). The number of amides is 3. The number of carbonyl (C=O) groups is 5. The molecule has 3 atom stereocenters. The lowest BCUT2D eigenvalue weighted by molar-refractivity contribution is -0.136. The van der Waals surface area contributed by atoms with E-state index in [1.54, 1.807) is 36.7 Å². The highest BCUT2D eigenvalue weighted by atomic mass is 35.5. The average molecular weight is 928 g/mol. The molecule has 8 heterocycles. The van der Waals surface area contributed by atoms with Crippen LogP contribution in [0.4, 0.5) is 27.7 Å². The van der Waals surface area contributed by atoms with E-state index in [1.807, 2.05) is 16.5 Å². The number of anilines is 4. The molecule has 2 aromatic carbocycles. The lowest BCUT2D eigenvalue weighted by atomic mass is 9.71. The maximum Gasteiger partial charge on any atom is 0.256 e. The lowest BCUT2D eigenvalue weighted by Crippen LogP contribution is -2.64. The number of benzene rings is 2. The summed E-state index contributed by atoms with van der Waals surface area (Å²) >= 11 is 6.03. The van der Waals surface area contributed by atoms with E-state index in [0.29, 0.717) is 71.1 Å². The van der Waals surface area contributed by atoms with Crippen LogP contribution in [0, 0.1) is 23.1 Å². The van der Waals surface area contributed by atoms with Crippen LogP contribution in [0.15, 0.2) is 67.1 Å². The number of rotatable bonds is 10. The number of imidazole rings is 1. The molecule has 0 saturated carbocycles. The van der Waals surface area contributed by atoms with Crippen molar-refractivity contribution >= 4 is 69.7 Å². The lowest BCUT2D eigenvalue weighted by Gasteiger charge is -2.56. The minimum Gasteiger partial charge on any atom is -0.382 e. The third-order valence-corrected chi connectivity index (χ3v) is 15.5. The molecule has 5 aromatic rings. The van der Waals surface area contributed by atoms with Crippen LogP contribution >= 0.6 is 11.6 Å². The van der Waals surface area contributed by atoms with E-state index in [9.17, 15) is 24.0 Å². The Kier molecular flexibility index (Phi) is 11.0. The number of nitrogens with zero attached hydrogens (tertiary/aromatic N) is 8. The van der Waals surface area contributed by atoms with E-state index in [4.69, 9.17) is 22.3 Å². The van der Waals surface area contributed by atoms with Gasteiger partial charge in [0.25, 0.3) is 5.91 Å². The van der Waals surface area contributed by atoms with Gasteiger partial charge in [0, 0.05) is 141 Å². The van der Waals surface area contributed by atoms with Crippen molar-refractivity contribution in [2.75, 3.05) is 73.2 Å². The van der Waals surface area contributed by atoms with Gasteiger partial charge in [-0.05, 0) is 92.5 Å². The van der Waals surface area contributed by atoms with Crippen molar-refractivity contribution in [2.45, 2.75) is 63.5 Å². The molecule has 6 aliphatic rings. The Labute approximate surface area is 391 Å². The van der Waals surface area contributed by atoms with Gasteiger partial charge in [-0.3, -0.25) is 43.5 Å². The van der Waals surface area contributed by atoms with Crippen LogP contribution in [0.3, 0.4) is 0 Å². The number of halogens is 2. The van der Waals surface area contributed by atoms with Gasteiger partial charge in [0.15, 0.2) is 11.6 Å². The van der Waals surface area contributed by atoms with Crippen molar-refractivity contribution in [2.24, 2.45) is 17.3 Å². The molecule has 5 saturated heterocycles. The van der Waals surface area contributed by atoms with Crippen LogP contribution in [-0.2, 0) is 9.59 Å². The number of likely N-dealkylation sites (tertiary alicyclic amines) is 2. The van der Waals surface area contributed by atoms with E-state index in [0.717, 1.165) is 77.3 Å². The number of hydrogen-bond donors (Lipinski definition) is 3. The second-order valence-corrected chi connectivity index (χ2v) is 19.8. The first-order chi connectivity index (χ1) is 32.4. The molecular formula is C49H51ClFN11O5. The Bertz CT molecular complexity index is 2850. The van der Waals surface area contributed by atoms with Gasteiger partial charge in [-0.2, -0.15) is 0 Å². The standard InChI is InChI=1S/C49H51ClFN11O5/c50-31-9-13-53-40(21-31)55-47(67)30-3-6-36(38(51)19-30)42-43-45(52)54-14-18-62(43)48(57-42)58-16-11-49(12-17-58)26-61(27-49)33-10-15-59(23-33)34-24-60(25-34)32-5-7-35-37(22-32)44(65)29(20-39(35)63)2-1-28-4-8-41(64)56-46(28)66/h3,5-7,9,13-14,18-19,21-22,28-29,33-34H,1-2,4,8,10-12,15-17,20,23-27H2,(H2,52,54)(H,53,55,67)(H,56,64,66). The van der Waals surface area contributed by atoms with Crippen molar-refractivity contribution in [1.82, 2.24) is 34.5 Å². The Hall–Kier alpha value is -6.30. The van der Waals surface area contributed by atoms with Crippen molar-refractivity contribution < 1.29 is 28.4 Å². The molecule has 3 amide bonds. The highest BCUT2D eigenvalue weighted by Gasteiger charge is 2.49. The number of Topliss-reactive ketones (excluding diaryl/α,β-unsaturated/α-hetero) is 2. The zero-order valence-corrected chi connectivity index (χ0v) is 37.7. The SMILES string of the molecule is Nc1nccn2c(N3CCC4(CC3)CN(C3CCN(C5CN(c6ccc7c(c6)C(=O)C(CCC6CCC(=O)NC6=O)CC7=O)C5)C3)C4)nc(-c3ccc(C(=O)Nc4cc(Cl)ccn4)cc3F)c12. The molecule has 1 aliphatic carbocycles. The van der Waals surface area contributed by atoms with Crippen LogP contribution in [-0.4, -0.2) is 123 Å². The van der Waals surface area contributed by atoms with Gasteiger partial charge in [-0.1, -0.05) is 11.6 Å². The predicted molar refractivity (Wildman–Crippen MR) is 250 cm³/mol. The molecule has 3 unspecified atom stereocenters. The highest BCUT2D eigenvalue weighted by Crippen LogP contribution is 2.45. The first kappa shape index (κ1) is 43.3. The molecule has 5 aliphatic heterocycles. The van der Waals surface area contributed by atoms with E-state index in [-0.39, 0.29) is 63.9 Å². The van der Waals surface area contributed by atoms with Crippen LogP contribution in [0.5, 0.6) is 0 Å². The van der Waals surface area contributed by atoms with E-state index < -0.39 is 17.6 Å². The van der Waals surface area contributed by atoms with Crippen LogP contribution in [0.2, 0.25) is 5.02 Å². The molecule has 0 bridgehead atoms. The van der Waals surface area contributed by atoms with E-state index in [1.165, 1.54) is 18.3 Å². The Morgan fingerprint density at radius 1 is 0.851 bits per heavy atom. The van der Waals surface area contributed by atoms with Crippen molar-refractivity contribution in [1.29, 1.82) is 0 Å². The van der Waals surface area contributed by atoms with Gasteiger partial charge >= 0.3 is 0 Å². The zero-order chi connectivity index (χ0) is 46.1. The molecule has 1 spiro atoms. The molecule has 67 heavy (non-hydrogen) atoms. The summed E-state index contributed by atoms with van der Waals surface area (Å²) in [5, 5.41) is 5.46. The third-order valence-electron chi connectivity index (χ3n) is 15.2. The normalized spacial score (nSPS) is 23.3. The summed E-state index contributed by atoms with van der Waals surface area (Å²) in [5.41, 5.74) is 9.80. The zero-order valence-electron chi connectivity index (χ0n) is 36.9. The summed E-state index contributed by atoms with van der Waals surface area (Å²) in [5.74, 6) is -1.31. The number of carbonyl (C=O) groups excluding carboxylic acids is 5. The van der Waals surface area contributed by atoms with Gasteiger partial charge in [-0.25, -0.2) is 19.3 Å². The van der Waals surface area contributed by atoms with Crippen molar-refractivity contribution in [3.05, 3.63) is 94.7 Å². The van der Waals surface area contributed by atoms with Gasteiger partial charge in [0.1, 0.15) is 28.7 Å². The number of nitrogens with two attached hydrogens (primary N) is 1. The predicted octanol–water partition coefficient (Wildman–Crippen LogP) is 5.50. The van der Waals surface area contributed by atoms with E-state index >= 15 is 4.39 Å². The number of imide groups is 1. The fourth-order valence-electron chi connectivity index (χ4n) is 11.3. The average Bonchev–Trinajstić information content (AvgIpc) is 3.93. The number of nitrogens with one attached hydrogen (secondary N) is 2. The number of piperidine rings is 2. The summed E-state index contributed by atoms with van der Waals surface area (Å²) in [7, 11) is 0. The Morgan fingerprint density at radius 3 is 2.42 bits per heavy atom. The summed E-state index contributed by atoms with van der Waals surface area (Å²) in [6.07, 6.45) is 9.94. The maximum atomic E-state index is 15.9. The van der Waals surface area contributed by atoms with Crippen LogP contribution < -0.4 is 26.2 Å².